The number of aliphatic hydroxyl groups excluding tert-OH is 5. The SMILES string of the molecule is CCCCCCCCCCCC(=O)NC(CC(=O)N[C@@H]1O[C@H](CO)[C@@H](O[C@@H]2O[C@H](CO)[C@@H](O)[C@H](O)[C@H]2NC(C)=O)[C@H](O)[C@H]1N=C(C)[O-])C(=O)O.[Na+]. The number of hydrogen-bond donors (Lipinski definition) is 9. The number of carboxylic acids is 1. The van der Waals surface area contributed by atoms with Gasteiger partial charge in [0.25, 0.3) is 0 Å². The van der Waals surface area contributed by atoms with Crippen molar-refractivity contribution in [2.45, 2.75) is 159 Å². The average Bonchev–Trinajstić information content (AvgIpc) is 3.05. The van der Waals surface area contributed by atoms with E-state index in [-0.39, 0.29) is 36.0 Å². The molecule has 288 valence electrons. The number of carbonyl (C=O) groups is 4. The van der Waals surface area contributed by atoms with Crippen LogP contribution in [0, 0.1) is 0 Å². The van der Waals surface area contributed by atoms with Crippen LogP contribution >= 0.6 is 0 Å². The van der Waals surface area contributed by atoms with Crippen molar-refractivity contribution in [2.75, 3.05) is 13.2 Å². The maximum atomic E-state index is 13.0. The summed E-state index contributed by atoms with van der Waals surface area (Å²) >= 11 is 0. The van der Waals surface area contributed by atoms with E-state index in [0.29, 0.717) is 6.42 Å². The Kier molecular flexibility index (Phi) is 22.5. The van der Waals surface area contributed by atoms with Gasteiger partial charge in [-0.2, -0.15) is 0 Å². The summed E-state index contributed by atoms with van der Waals surface area (Å²) in [4.78, 5) is 53.0. The van der Waals surface area contributed by atoms with Gasteiger partial charge >= 0.3 is 35.5 Å². The van der Waals surface area contributed by atoms with Gasteiger partial charge in [0.05, 0.1) is 19.6 Å². The Bertz CT molecular complexity index is 1120. The molecule has 0 spiro atoms. The van der Waals surface area contributed by atoms with Crippen molar-refractivity contribution in [3.05, 3.63) is 0 Å². The summed E-state index contributed by atoms with van der Waals surface area (Å²) in [6.07, 6.45) is -4.06. The summed E-state index contributed by atoms with van der Waals surface area (Å²) in [7, 11) is 0. The minimum atomic E-state index is -1.81. The molecule has 51 heavy (non-hydrogen) atoms. The van der Waals surface area contributed by atoms with Crippen molar-refractivity contribution in [3.63, 3.8) is 0 Å². The average molecular weight is 743 g/mol. The normalized spacial score (nSPS) is 30.1. The Morgan fingerprint density at radius 1 is 0.824 bits per heavy atom. The summed E-state index contributed by atoms with van der Waals surface area (Å²) < 4.78 is 17.1. The van der Waals surface area contributed by atoms with Gasteiger partial charge < -0.3 is 65.9 Å². The molecule has 9 N–H and O–H groups in total. The number of nitrogens with one attached hydrogen (secondary N) is 3. The topological polar surface area (TPSA) is 289 Å². The maximum Gasteiger partial charge on any atom is 1.00 e. The molecule has 3 amide bonds. The van der Waals surface area contributed by atoms with Crippen LogP contribution in [0.2, 0.25) is 0 Å². The first-order valence-corrected chi connectivity index (χ1v) is 17.3. The van der Waals surface area contributed by atoms with E-state index in [0.717, 1.165) is 39.5 Å². The molecule has 2 aliphatic rings. The van der Waals surface area contributed by atoms with E-state index in [1.807, 2.05) is 0 Å². The fourth-order valence-electron chi connectivity index (χ4n) is 5.94. The van der Waals surface area contributed by atoms with Gasteiger partial charge in [0.2, 0.25) is 17.7 Å². The molecule has 0 saturated carbocycles. The number of rotatable bonds is 21. The van der Waals surface area contributed by atoms with Crippen molar-refractivity contribution in [3.8, 4) is 0 Å². The molecule has 0 aromatic rings. The summed E-state index contributed by atoms with van der Waals surface area (Å²) in [6.45, 7) is 2.74. The van der Waals surface area contributed by atoms with Crippen molar-refractivity contribution in [2.24, 2.45) is 4.99 Å². The van der Waals surface area contributed by atoms with Crippen LogP contribution in [-0.2, 0) is 33.4 Å². The largest absolute Gasteiger partial charge is 1.00 e. The second-order valence-corrected chi connectivity index (χ2v) is 12.7. The summed E-state index contributed by atoms with van der Waals surface area (Å²) in [6, 6.07) is -4.58. The molecule has 2 fully saturated rings. The van der Waals surface area contributed by atoms with Gasteiger partial charge in [0.15, 0.2) is 12.5 Å². The van der Waals surface area contributed by atoms with Crippen molar-refractivity contribution >= 4 is 29.6 Å². The van der Waals surface area contributed by atoms with E-state index in [1.54, 1.807) is 0 Å². The van der Waals surface area contributed by atoms with Crippen LogP contribution in [0.5, 0.6) is 0 Å². The third kappa shape index (κ3) is 15.5. The second-order valence-electron chi connectivity index (χ2n) is 12.7. The number of carbonyl (C=O) groups excluding carboxylic acids is 3. The van der Waals surface area contributed by atoms with E-state index < -0.39 is 116 Å². The van der Waals surface area contributed by atoms with Crippen LogP contribution in [0.3, 0.4) is 0 Å². The number of ether oxygens (including phenoxy) is 3. The third-order valence-corrected chi connectivity index (χ3v) is 8.57. The molecule has 18 nitrogen and oxygen atoms in total. The molecule has 2 saturated heterocycles. The van der Waals surface area contributed by atoms with Gasteiger partial charge in [-0.05, 0) is 19.2 Å². The molecule has 2 rings (SSSR count). The summed E-state index contributed by atoms with van der Waals surface area (Å²) in [5.41, 5.74) is 0. The zero-order chi connectivity index (χ0) is 37.4. The first-order chi connectivity index (χ1) is 23.7. The number of aliphatic carboxylic acids is 1. The third-order valence-electron chi connectivity index (χ3n) is 8.57. The minimum absolute atomic E-state index is 0. The molecule has 0 bridgehead atoms. The Morgan fingerprint density at radius 2 is 1.41 bits per heavy atom. The fourth-order valence-corrected chi connectivity index (χ4v) is 5.94. The van der Waals surface area contributed by atoms with Crippen molar-refractivity contribution < 1.29 is 98.7 Å². The van der Waals surface area contributed by atoms with Gasteiger partial charge in [-0.25, -0.2) is 4.79 Å². The molecular formula is C32H55N4NaO14. The van der Waals surface area contributed by atoms with E-state index >= 15 is 0 Å². The molecule has 0 aromatic carbocycles. The standard InChI is InChI=1S/C32H56N4O14.Na/c1-4-5-6-7-8-9-10-11-12-13-22(41)35-19(31(46)47)14-23(42)36-30-24(33-17(2)39)28(45)29(21(16-38)48-30)50-32-25(34-18(3)40)27(44)26(43)20(15-37)49-32;/h19-21,24-30,32,37-38,43-45H,4-16H2,1-3H3,(H,33,39)(H,34,40)(H,35,41)(H,36,42)(H,46,47);/q;+1/p-1/t19?,20-,21-,24-,25-,26-,27-,28-,29-,30-,32+;/m1./s1. The number of amides is 3. The molecule has 0 aromatic heterocycles. The number of aliphatic hydroxyl groups is 5. The number of hydrogen-bond acceptors (Lipinski definition) is 14. The van der Waals surface area contributed by atoms with Crippen LogP contribution in [0.25, 0.3) is 0 Å². The number of aliphatic imine (C=N–C) groups is 1. The predicted octanol–water partition coefficient (Wildman–Crippen LogP) is -5.46. The molecule has 11 atom stereocenters. The first kappa shape index (κ1) is 47.1. The molecule has 1 unspecified atom stereocenters. The number of unbranched alkanes of at least 4 members (excludes halogenated alkanes) is 8. The quantitative estimate of drug-likeness (QED) is 0.0230. The van der Waals surface area contributed by atoms with E-state index in [9.17, 15) is 54.9 Å². The fraction of sp³-hybridized carbons (Fsp3) is 0.844. The van der Waals surface area contributed by atoms with Gasteiger partial charge in [-0.15, -0.1) is 0 Å². The van der Waals surface area contributed by atoms with Crippen LogP contribution in [0.15, 0.2) is 4.99 Å². The van der Waals surface area contributed by atoms with Crippen molar-refractivity contribution in [1.29, 1.82) is 0 Å². The Labute approximate surface area is 320 Å². The second kappa shape index (κ2) is 24.4. The Balaban J connectivity index is 0.0000130. The molecular weight excluding hydrogens is 687 g/mol. The number of carboxylic acid groups (broad SMARTS) is 1. The molecule has 2 aliphatic heterocycles. The smallest absolute Gasteiger partial charge is 0.862 e. The molecule has 19 heteroatoms. The molecule has 2 heterocycles. The van der Waals surface area contributed by atoms with Crippen molar-refractivity contribution in [1.82, 2.24) is 16.0 Å². The first-order valence-electron chi connectivity index (χ1n) is 17.3. The van der Waals surface area contributed by atoms with E-state index in [2.05, 4.69) is 27.9 Å². The Hall–Kier alpha value is -1.97. The van der Waals surface area contributed by atoms with E-state index in [1.165, 1.54) is 25.7 Å². The van der Waals surface area contributed by atoms with Gasteiger partial charge in [-0.3, -0.25) is 19.4 Å². The van der Waals surface area contributed by atoms with Crippen LogP contribution in [-0.4, -0.2) is 141 Å². The predicted molar refractivity (Wildman–Crippen MR) is 173 cm³/mol. The maximum absolute atomic E-state index is 13.0. The van der Waals surface area contributed by atoms with Gasteiger partial charge in [0.1, 0.15) is 54.7 Å². The molecule has 0 aliphatic carbocycles. The zero-order valence-corrected chi connectivity index (χ0v) is 31.9. The van der Waals surface area contributed by atoms with Crippen LogP contribution in [0.4, 0.5) is 0 Å². The Morgan fingerprint density at radius 3 is 1.94 bits per heavy atom. The zero-order valence-electron chi connectivity index (χ0n) is 29.9. The van der Waals surface area contributed by atoms with Crippen LogP contribution < -0.4 is 50.6 Å². The van der Waals surface area contributed by atoms with Crippen LogP contribution in [0.1, 0.15) is 91.4 Å². The monoisotopic (exact) mass is 742 g/mol. The summed E-state index contributed by atoms with van der Waals surface area (Å²) in [5, 5.41) is 80.7. The summed E-state index contributed by atoms with van der Waals surface area (Å²) in [5.74, 6) is -4.39. The minimum Gasteiger partial charge on any atom is -0.862 e. The van der Waals surface area contributed by atoms with E-state index in [4.69, 9.17) is 14.2 Å². The molecule has 0 radical (unpaired) electrons. The van der Waals surface area contributed by atoms with Gasteiger partial charge in [-0.1, -0.05) is 58.3 Å². The van der Waals surface area contributed by atoms with Gasteiger partial charge in [0, 0.05) is 13.3 Å². The number of nitrogens with zero attached hydrogens (tertiary/aromatic N) is 1.